The summed E-state index contributed by atoms with van der Waals surface area (Å²) in [6.45, 7) is 1.86. The van der Waals surface area contributed by atoms with Gasteiger partial charge in [0.05, 0.1) is 13.2 Å². The van der Waals surface area contributed by atoms with E-state index in [1.54, 1.807) is 6.07 Å². The summed E-state index contributed by atoms with van der Waals surface area (Å²) in [5, 5.41) is 3.01. The molecule has 0 radical (unpaired) electrons. The van der Waals surface area contributed by atoms with Crippen LogP contribution in [0.25, 0.3) is 0 Å². The molecule has 4 nitrogen and oxygen atoms in total. The lowest BCUT2D eigenvalue weighted by molar-refractivity contribution is 0.0950. The van der Waals surface area contributed by atoms with Gasteiger partial charge >= 0.3 is 0 Å². The number of fused-ring (bicyclic) bond motifs is 2. The van der Waals surface area contributed by atoms with Gasteiger partial charge in [0.2, 0.25) is 0 Å². The number of carbonyl (C=O) groups is 1. The molecule has 1 amide bonds. The van der Waals surface area contributed by atoms with Crippen LogP contribution in [0.3, 0.4) is 0 Å². The van der Waals surface area contributed by atoms with Crippen LogP contribution in [-0.2, 0) is 19.4 Å². The van der Waals surface area contributed by atoms with Crippen molar-refractivity contribution in [3.63, 3.8) is 0 Å². The number of nitrogens with one attached hydrogen (secondary N) is 1. The molecule has 2 aliphatic rings. The van der Waals surface area contributed by atoms with E-state index >= 15 is 0 Å². The van der Waals surface area contributed by atoms with E-state index in [0.717, 1.165) is 34.4 Å². The smallest absolute Gasteiger partial charge is 0.251 e. The maximum atomic E-state index is 12.4. The van der Waals surface area contributed by atoms with Gasteiger partial charge in [0.1, 0.15) is 11.5 Å². The van der Waals surface area contributed by atoms with E-state index in [1.165, 1.54) is 11.1 Å². The third-order valence-electron chi connectivity index (χ3n) is 4.27. The molecule has 5 heteroatoms. The lowest BCUT2D eigenvalue weighted by Gasteiger charge is -2.14. The predicted molar refractivity (Wildman–Crippen MR) is 90.2 cm³/mol. The fourth-order valence-corrected chi connectivity index (χ4v) is 3.57. The molecule has 118 valence electrons. The molecule has 0 saturated heterocycles. The van der Waals surface area contributed by atoms with E-state index in [9.17, 15) is 4.79 Å². The van der Waals surface area contributed by atoms with Gasteiger partial charge in [-0.3, -0.25) is 4.79 Å². The minimum atomic E-state index is -0.0884. The van der Waals surface area contributed by atoms with Crippen LogP contribution in [-0.4, -0.2) is 19.1 Å². The fourth-order valence-electron chi connectivity index (χ4n) is 3.17. The van der Waals surface area contributed by atoms with Gasteiger partial charge in [-0.25, -0.2) is 0 Å². The van der Waals surface area contributed by atoms with Gasteiger partial charge in [0, 0.05) is 46.1 Å². The molecule has 0 aliphatic carbocycles. The first-order chi connectivity index (χ1) is 11.2. The highest BCUT2D eigenvalue weighted by molar-refractivity contribution is 9.10. The first kappa shape index (κ1) is 14.6. The summed E-state index contributed by atoms with van der Waals surface area (Å²) in [6, 6.07) is 9.46. The van der Waals surface area contributed by atoms with Crippen LogP contribution in [0, 0.1) is 0 Å². The quantitative estimate of drug-likeness (QED) is 0.898. The van der Waals surface area contributed by atoms with Gasteiger partial charge in [-0.2, -0.15) is 0 Å². The predicted octanol–water partition coefficient (Wildman–Crippen LogP) is 3.25. The lowest BCUT2D eigenvalue weighted by Crippen LogP contribution is -2.23. The van der Waals surface area contributed by atoms with Gasteiger partial charge in [-0.15, -0.1) is 0 Å². The molecule has 0 spiro atoms. The zero-order chi connectivity index (χ0) is 15.8. The zero-order valence-corrected chi connectivity index (χ0v) is 14.1. The molecular weight excluding hydrogens is 358 g/mol. The van der Waals surface area contributed by atoms with Crippen molar-refractivity contribution in [2.45, 2.75) is 19.4 Å². The Labute approximate surface area is 142 Å². The molecule has 2 aromatic carbocycles. The van der Waals surface area contributed by atoms with Crippen LogP contribution < -0.4 is 14.8 Å². The molecule has 0 saturated carbocycles. The van der Waals surface area contributed by atoms with Crippen LogP contribution in [0.15, 0.2) is 34.8 Å². The molecule has 0 bridgehead atoms. The first-order valence-electron chi connectivity index (χ1n) is 7.69. The van der Waals surface area contributed by atoms with Crippen molar-refractivity contribution in [1.29, 1.82) is 0 Å². The number of benzene rings is 2. The molecular formula is C18H16BrNO3. The second-order valence-corrected chi connectivity index (χ2v) is 6.63. The highest BCUT2D eigenvalue weighted by Gasteiger charge is 2.26. The van der Waals surface area contributed by atoms with Crippen molar-refractivity contribution < 1.29 is 14.3 Å². The highest BCUT2D eigenvalue weighted by atomic mass is 79.9. The summed E-state index contributed by atoms with van der Waals surface area (Å²) < 4.78 is 12.4. The number of carbonyl (C=O) groups excluding carboxylic acids is 1. The van der Waals surface area contributed by atoms with Crippen molar-refractivity contribution in [1.82, 2.24) is 5.32 Å². The Kier molecular flexibility index (Phi) is 3.73. The maximum Gasteiger partial charge on any atom is 0.251 e. The zero-order valence-electron chi connectivity index (χ0n) is 12.5. The molecule has 0 atom stereocenters. The van der Waals surface area contributed by atoms with Crippen LogP contribution in [0.2, 0.25) is 0 Å². The number of rotatable bonds is 3. The second kappa shape index (κ2) is 5.89. The van der Waals surface area contributed by atoms with Gasteiger partial charge in [0.25, 0.3) is 5.91 Å². The minimum Gasteiger partial charge on any atom is -0.493 e. The van der Waals surface area contributed by atoms with Crippen molar-refractivity contribution in [2.75, 3.05) is 13.2 Å². The molecule has 2 aromatic rings. The van der Waals surface area contributed by atoms with E-state index in [2.05, 4.69) is 27.3 Å². The van der Waals surface area contributed by atoms with E-state index in [1.807, 2.05) is 18.2 Å². The molecule has 0 aromatic heterocycles. The number of hydrogen-bond acceptors (Lipinski definition) is 3. The minimum absolute atomic E-state index is 0.0884. The van der Waals surface area contributed by atoms with Crippen LogP contribution >= 0.6 is 15.9 Å². The monoisotopic (exact) mass is 373 g/mol. The topological polar surface area (TPSA) is 47.6 Å². The van der Waals surface area contributed by atoms with Crippen LogP contribution in [0.4, 0.5) is 0 Å². The average Bonchev–Trinajstić information content (AvgIpc) is 3.19. The van der Waals surface area contributed by atoms with Gasteiger partial charge < -0.3 is 14.8 Å². The Morgan fingerprint density at radius 3 is 2.91 bits per heavy atom. The normalized spacial score (nSPS) is 14.7. The summed E-state index contributed by atoms with van der Waals surface area (Å²) in [5.74, 6) is 1.79. The largest absolute Gasteiger partial charge is 0.493 e. The Morgan fingerprint density at radius 1 is 1.17 bits per heavy atom. The second-order valence-electron chi connectivity index (χ2n) is 5.71. The average molecular weight is 374 g/mol. The number of amides is 1. The molecule has 23 heavy (non-hydrogen) atoms. The fraction of sp³-hybridized carbons (Fsp3) is 0.278. The summed E-state index contributed by atoms with van der Waals surface area (Å²) in [6.07, 6.45) is 1.77. The molecule has 0 fully saturated rings. The number of ether oxygens (including phenoxy) is 2. The molecule has 4 rings (SSSR count). The van der Waals surface area contributed by atoms with Crippen LogP contribution in [0.5, 0.6) is 11.5 Å². The summed E-state index contributed by atoms with van der Waals surface area (Å²) in [7, 11) is 0. The Hall–Kier alpha value is -2.01. The Balaban J connectivity index is 1.59. The van der Waals surface area contributed by atoms with Crippen LogP contribution in [0.1, 0.15) is 27.0 Å². The lowest BCUT2D eigenvalue weighted by atomic mass is 9.99. The number of hydrogen-bond donors (Lipinski definition) is 1. The van der Waals surface area contributed by atoms with Gasteiger partial charge in [0.15, 0.2) is 0 Å². The summed E-state index contributed by atoms with van der Waals surface area (Å²) >= 11 is 3.39. The summed E-state index contributed by atoms with van der Waals surface area (Å²) in [5.41, 5.74) is 4.05. The number of halogens is 1. The molecule has 2 aliphatic heterocycles. The Bertz CT molecular complexity index is 756. The van der Waals surface area contributed by atoms with E-state index in [-0.39, 0.29) is 5.91 Å². The Morgan fingerprint density at radius 2 is 2.04 bits per heavy atom. The first-order valence-corrected chi connectivity index (χ1v) is 8.48. The van der Waals surface area contributed by atoms with E-state index < -0.39 is 0 Å². The highest BCUT2D eigenvalue weighted by Crippen LogP contribution is 2.40. The van der Waals surface area contributed by atoms with Crippen molar-refractivity contribution in [2.24, 2.45) is 0 Å². The SMILES string of the molecule is O=C(NCc1c2c(cc3c1OCC3)OCC2)c1cccc(Br)c1. The van der Waals surface area contributed by atoms with Gasteiger partial charge in [-0.1, -0.05) is 22.0 Å². The summed E-state index contributed by atoms with van der Waals surface area (Å²) in [4.78, 5) is 12.4. The molecule has 0 unspecified atom stereocenters. The maximum absolute atomic E-state index is 12.4. The molecule has 1 N–H and O–H groups in total. The van der Waals surface area contributed by atoms with Crippen molar-refractivity contribution in [3.8, 4) is 11.5 Å². The molecule has 2 heterocycles. The third-order valence-corrected chi connectivity index (χ3v) is 4.77. The van der Waals surface area contributed by atoms with Crippen molar-refractivity contribution in [3.05, 3.63) is 57.1 Å². The third kappa shape index (κ3) is 2.70. The van der Waals surface area contributed by atoms with Gasteiger partial charge in [-0.05, 0) is 24.3 Å². The standard InChI is InChI=1S/C18H16BrNO3/c19-13-3-1-2-12(8-13)18(21)20-10-15-14-5-7-22-16(14)9-11-4-6-23-17(11)15/h1-3,8-9H,4-7,10H2,(H,20,21). The van der Waals surface area contributed by atoms with Crippen molar-refractivity contribution >= 4 is 21.8 Å². The van der Waals surface area contributed by atoms with E-state index in [0.29, 0.717) is 25.3 Å². The van der Waals surface area contributed by atoms with E-state index in [4.69, 9.17) is 9.47 Å².